The molecule has 0 fully saturated rings. The molecule has 0 saturated carbocycles. The number of ether oxygens (including phenoxy) is 1. The molecule has 1 unspecified atom stereocenters. The van der Waals surface area contributed by atoms with E-state index in [1.807, 2.05) is 36.4 Å². The van der Waals surface area contributed by atoms with Crippen LogP contribution in [-0.2, 0) is 13.1 Å². The molecule has 1 atom stereocenters. The summed E-state index contributed by atoms with van der Waals surface area (Å²) in [5.41, 5.74) is 2.57. The number of aromatic nitrogens is 2. The van der Waals surface area contributed by atoms with Crippen LogP contribution in [0.15, 0.2) is 69.9 Å². The molecule has 5 aromatic rings. The van der Waals surface area contributed by atoms with Crippen molar-refractivity contribution >= 4 is 32.8 Å². The number of furan rings is 1. The summed E-state index contributed by atoms with van der Waals surface area (Å²) in [4.78, 5) is 21.3. The third kappa shape index (κ3) is 3.31. The first-order valence-corrected chi connectivity index (χ1v) is 9.89. The topological polar surface area (TPSA) is 72.6 Å². The van der Waals surface area contributed by atoms with Crippen molar-refractivity contribution in [3.63, 3.8) is 0 Å². The Balaban J connectivity index is 1.40. The van der Waals surface area contributed by atoms with Gasteiger partial charge in [0.15, 0.2) is 5.82 Å². The van der Waals surface area contributed by atoms with Crippen LogP contribution in [0.4, 0.5) is 0 Å². The molecule has 0 spiro atoms. The third-order valence-corrected chi connectivity index (χ3v) is 5.37. The molecule has 5 rings (SSSR count). The van der Waals surface area contributed by atoms with E-state index in [0.29, 0.717) is 23.5 Å². The molecule has 2 N–H and O–H groups in total. The zero-order chi connectivity index (χ0) is 20.7. The van der Waals surface area contributed by atoms with Crippen LogP contribution in [0.1, 0.15) is 11.4 Å². The second kappa shape index (κ2) is 7.31. The first-order valence-electron chi connectivity index (χ1n) is 9.89. The summed E-state index contributed by atoms with van der Waals surface area (Å²) in [7, 11) is 3.77. The Morgan fingerprint density at radius 2 is 1.83 bits per heavy atom. The van der Waals surface area contributed by atoms with Crippen LogP contribution in [0.3, 0.4) is 0 Å². The highest BCUT2D eigenvalue weighted by atomic mass is 16.5. The Labute approximate surface area is 172 Å². The number of rotatable bonds is 5. The van der Waals surface area contributed by atoms with E-state index in [9.17, 15) is 4.79 Å². The predicted molar refractivity (Wildman–Crippen MR) is 117 cm³/mol. The van der Waals surface area contributed by atoms with Gasteiger partial charge in [0, 0.05) is 10.9 Å². The fourth-order valence-corrected chi connectivity index (χ4v) is 3.94. The predicted octanol–water partition coefficient (Wildman–Crippen LogP) is 3.05. The van der Waals surface area contributed by atoms with Crippen LogP contribution in [0.5, 0.6) is 5.75 Å². The Kier molecular flexibility index (Phi) is 4.48. The summed E-state index contributed by atoms with van der Waals surface area (Å²) in [6.07, 6.45) is 0. The Morgan fingerprint density at radius 3 is 2.70 bits per heavy atom. The quantitative estimate of drug-likeness (QED) is 0.476. The van der Waals surface area contributed by atoms with Gasteiger partial charge in [0.05, 0.1) is 14.2 Å². The molecule has 3 aromatic carbocycles. The van der Waals surface area contributed by atoms with E-state index in [4.69, 9.17) is 14.1 Å². The molecular formula is C24H22N3O3+. The molecule has 0 aliphatic rings. The number of nitrogens with one attached hydrogen (secondary N) is 2. The SMILES string of the molecule is COc1ccc2cc(C[NH+](C)Cc3nc4c(oc5ccccc54)c(=O)[nH]3)ccc2c1. The van der Waals surface area contributed by atoms with Crippen molar-refractivity contribution in [2.75, 3.05) is 14.2 Å². The van der Waals surface area contributed by atoms with Gasteiger partial charge >= 0.3 is 0 Å². The average molecular weight is 400 g/mol. The van der Waals surface area contributed by atoms with Crippen molar-refractivity contribution in [3.05, 3.63) is 82.4 Å². The summed E-state index contributed by atoms with van der Waals surface area (Å²) in [5, 5.41) is 3.19. The highest BCUT2D eigenvalue weighted by Gasteiger charge is 2.15. The molecule has 0 amide bonds. The van der Waals surface area contributed by atoms with Crippen LogP contribution < -0.4 is 15.2 Å². The van der Waals surface area contributed by atoms with Crippen LogP contribution in [0.25, 0.3) is 32.8 Å². The maximum absolute atomic E-state index is 12.5. The summed E-state index contributed by atoms with van der Waals surface area (Å²) >= 11 is 0. The van der Waals surface area contributed by atoms with Crippen molar-refractivity contribution in [1.82, 2.24) is 9.97 Å². The third-order valence-electron chi connectivity index (χ3n) is 5.37. The number of hydrogen-bond donors (Lipinski definition) is 2. The fourth-order valence-electron chi connectivity index (χ4n) is 3.94. The number of quaternary nitrogens is 1. The smallest absolute Gasteiger partial charge is 0.294 e. The monoisotopic (exact) mass is 400 g/mol. The zero-order valence-corrected chi connectivity index (χ0v) is 16.9. The maximum atomic E-state index is 12.5. The van der Waals surface area contributed by atoms with Gasteiger partial charge in [-0.05, 0) is 41.1 Å². The minimum absolute atomic E-state index is 0.237. The molecule has 2 heterocycles. The van der Waals surface area contributed by atoms with E-state index >= 15 is 0 Å². The van der Waals surface area contributed by atoms with E-state index in [0.717, 1.165) is 23.1 Å². The summed E-state index contributed by atoms with van der Waals surface area (Å²) < 4.78 is 11.0. The number of para-hydroxylation sites is 1. The molecule has 150 valence electrons. The van der Waals surface area contributed by atoms with Gasteiger partial charge in [-0.1, -0.05) is 30.3 Å². The van der Waals surface area contributed by atoms with Crippen molar-refractivity contribution in [2.24, 2.45) is 0 Å². The number of aromatic amines is 1. The van der Waals surface area contributed by atoms with E-state index in [1.54, 1.807) is 7.11 Å². The minimum Gasteiger partial charge on any atom is -0.497 e. The highest BCUT2D eigenvalue weighted by molar-refractivity contribution is 6.01. The van der Waals surface area contributed by atoms with Gasteiger partial charge in [-0.3, -0.25) is 4.79 Å². The fraction of sp³-hybridized carbons (Fsp3) is 0.167. The first kappa shape index (κ1) is 18.4. The summed E-state index contributed by atoms with van der Waals surface area (Å²) in [6.45, 7) is 1.42. The van der Waals surface area contributed by atoms with E-state index in [1.165, 1.54) is 15.8 Å². The standard InChI is InChI=1S/C24H21N3O3/c1-27(13-15-7-8-17-12-18(29-2)10-9-16(17)11-15)14-21-25-22-19-5-3-4-6-20(19)30-23(22)24(28)26-21/h3-12H,13-14H2,1-2H3,(H,25,26,28)/p+1. The summed E-state index contributed by atoms with van der Waals surface area (Å²) in [5.74, 6) is 1.51. The second-order valence-electron chi connectivity index (χ2n) is 7.65. The Hall–Kier alpha value is -3.64. The number of H-pyrrole nitrogens is 1. The second-order valence-corrected chi connectivity index (χ2v) is 7.65. The van der Waals surface area contributed by atoms with Crippen LogP contribution in [-0.4, -0.2) is 24.1 Å². The molecule has 2 aromatic heterocycles. The van der Waals surface area contributed by atoms with Gasteiger partial charge in [0.2, 0.25) is 5.58 Å². The lowest BCUT2D eigenvalue weighted by Gasteiger charge is -2.14. The number of hydrogen-bond acceptors (Lipinski definition) is 4. The van der Waals surface area contributed by atoms with Crippen molar-refractivity contribution < 1.29 is 14.1 Å². The molecule has 6 heteroatoms. The van der Waals surface area contributed by atoms with Gasteiger partial charge in [-0.15, -0.1) is 0 Å². The molecular weight excluding hydrogens is 378 g/mol. The van der Waals surface area contributed by atoms with Gasteiger partial charge < -0.3 is 19.0 Å². The number of nitrogens with zero attached hydrogens (tertiary/aromatic N) is 1. The lowest BCUT2D eigenvalue weighted by Crippen LogP contribution is -3.06. The molecule has 0 saturated heterocycles. The van der Waals surface area contributed by atoms with Gasteiger partial charge in [0.1, 0.15) is 29.9 Å². The van der Waals surface area contributed by atoms with Crippen molar-refractivity contribution in [2.45, 2.75) is 13.1 Å². The molecule has 6 nitrogen and oxygen atoms in total. The Bertz CT molecular complexity index is 1430. The highest BCUT2D eigenvalue weighted by Crippen LogP contribution is 2.24. The van der Waals surface area contributed by atoms with E-state index in [-0.39, 0.29) is 11.1 Å². The lowest BCUT2D eigenvalue weighted by molar-refractivity contribution is -0.908. The Morgan fingerprint density at radius 1 is 1.03 bits per heavy atom. The number of fused-ring (bicyclic) bond motifs is 4. The first-order chi connectivity index (χ1) is 14.6. The zero-order valence-electron chi connectivity index (χ0n) is 16.9. The lowest BCUT2D eigenvalue weighted by atomic mass is 10.1. The van der Waals surface area contributed by atoms with Crippen LogP contribution >= 0.6 is 0 Å². The largest absolute Gasteiger partial charge is 0.497 e. The van der Waals surface area contributed by atoms with Gasteiger partial charge in [-0.25, -0.2) is 4.98 Å². The molecule has 0 aliphatic carbocycles. The molecule has 0 radical (unpaired) electrons. The van der Waals surface area contributed by atoms with E-state index in [2.05, 4.69) is 36.3 Å². The molecule has 0 bridgehead atoms. The average Bonchev–Trinajstić information content (AvgIpc) is 3.12. The summed E-state index contributed by atoms with van der Waals surface area (Å²) in [6, 6.07) is 20.1. The van der Waals surface area contributed by atoms with Gasteiger partial charge in [-0.2, -0.15) is 0 Å². The van der Waals surface area contributed by atoms with Crippen molar-refractivity contribution in [1.29, 1.82) is 0 Å². The van der Waals surface area contributed by atoms with Crippen LogP contribution in [0.2, 0.25) is 0 Å². The van der Waals surface area contributed by atoms with E-state index < -0.39 is 0 Å². The van der Waals surface area contributed by atoms with Crippen LogP contribution in [0, 0.1) is 0 Å². The van der Waals surface area contributed by atoms with Gasteiger partial charge in [0.25, 0.3) is 5.56 Å². The van der Waals surface area contributed by atoms with Crippen molar-refractivity contribution in [3.8, 4) is 5.75 Å². The normalized spacial score (nSPS) is 12.6. The minimum atomic E-state index is -0.237. The molecule has 30 heavy (non-hydrogen) atoms. The molecule has 0 aliphatic heterocycles. The maximum Gasteiger partial charge on any atom is 0.294 e. The number of methoxy groups -OCH3 is 1. The number of benzene rings is 3.